The summed E-state index contributed by atoms with van der Waals surface area (Å²) >= 11 is 0. The van der Waals surface area contributed by atoms with Crippen LogP contribution in [-0.2, 0) is 0 Å². The fourth-order valence-electron chi connectivity index (χ4n) is 1.58. The number of halogens is 1. The Kier molecular flexibility index (Phi) is 2.90. The Morgan fingerprint density at radius 1 is 1.53 bits per heavy atom. The van der Waals surface area contributed by atoms with Crippen molar-refractivity contribution >= 4 is 0 Å². The smallest absolute Gasteiger partial charge is 0.217 e. The summed E-state index contributed by atoms with van der Waals surface area (Å²) in [6.45, 7) is 1.78. The van der Waals surface area contributed by atoms with Crippen LogP contribution in [0.25, 0.3) is 5.69 Å². The zero-order valence-corrected chi connectivity index (χ0v) is 9.26. The molecule has 0 saturated carbocycles. The monoisotopic (exact) mass is 230 g/mol. The maximum absolute atomic E-state index is 13.9. The van der Waals surface area contributed by atoms with E-state index in [0.29, 0.717) is 11.3 Å². The molecular weight excluding hydrogens is 219 g/mol. The van der Waals surface area contributed by atoms with E-state index in [9.17, 15) is 4.39 Å². The molecule has 17 heavy (non-hydrogen) atoms. The van der Waals surface area contributed by atoms with E-state index in [1.54, 1.807) is 25.3 Å². The Morgan fingerprint density at radius 3 is 2.88 bits per heavy atom. The van der Waals surface area contributed by atoms with Crippen LogP contribution in [0.15, 0.2) is 30.6 Å². The average Bonchev–Trinajstić information content (AvgIpc) is 2.76. The molecule has 1 atom stereocenters. The number of aromatic nitrogens is 2. The van der Waals surface area contributed by atoms with E-state index in [0.717, 1.165) is 0 Å². The molecule has 0 aliphatic heterocycles. The number of nitriles is 1. The van der Waals surface area contributed by atoms with E-state index in [4.69, 9.17) is 11.0 Å². The number of imidazole rings is 1. The molecule has 1 aromatic heterocycles. The van der Waals surface area contributed by atoms with Crippen LogP contribution in [0.4, 0.5) is 4.39 Å². The highest BCUT2D eigenvalue weighted by atomic mass is 19.1. The maximum atomic E-state index is 13.9. The normalized spacial score (nSPS) is 12.1. The summed E-state index contributed by atoms with van der Waals surface area (Å²) < 4.78 is 15.3. The van der Waals surface area contributed by atoms with Crippen LogP contribution in [0.5, 0.6) is 0 Å². The number of nitrogens with zero attached hydrogens (tertiary/aromatic N) is 3. The highest BCUT2D eigenvalue weighted by Gasteiger charge is 2.10. The van der Waals surface area contributed by atoms with Crippen molar-refractivity contribution in [3.8, 4) is 11.8 Å². The van der Waals surface area contributed by atoms with E-state index >= 15 is 0 Å². The first-order valence-corrected chi connectivity index (χ1v) is 5.12. The lowest BCUT2D eigenvalue weighted by Gasteiger charge is -2.09. The molecule has 2 N–H and O–H groups in total. The Hall–Kier alpha value is -2.19. The number of benzene rings is 1. The van der Waals surface area contributed by atoms with Gasteiger partial charge in [0.2, 0.25) is 5.82 Å². The van der Waals surface area contributed by atoms with Crippen LogP contribution in [0.3, 0.4) is 0 Å². The van der Waals surface area contributed by atoms with Crippen LogP contribution in [0, 0.1) is 17.1 Å². The molecule has 2 rings (SSSR count). The molecular formula is C12H11FN4. The SMILES string of the molecule is C[C@@H](N)c1ccc(-n2ccnc2C#N)c(F)c1. The molecule has 0 radical (unpaired) electrons. The quantitative estimate of drug-likeness (QED) is 0.856. The molecule has 0 aliphatic carbocycles. The summed E-state index contributed by atoms with van der Waals surface area (Å²) in [5.41, 5.74) is 6.68. The lowest BCUT2D eigenvalue weighted by Crippen LogP contribution is -2.07. The molecule has 2 aromatic rings. The van der Waals surface area contributed by atoms with E-state index in [1.807, 2.05) is 6.07 Å². The van der Waals surface area contributed by atoms with E-state index in [2.05, 4.69) is 4.98 Å². The zero-order chi connectivity index (χ0) is 12.4. The molecule has 4 nitrogen and oxygen atoms in total. The third kappa shape index (κ3) is 2.03. The lowest BCUT2D eigenvalue weighted by atomic mass is 10.1. The number of rotatable bonds is 2. The van der Waals surface area contributed by atoms with Crippen LogP contribution in [0.1, 0.15) is 24.4 Å². The van der Waals surface area contributed by atoms with Crippen LogP contribution < -0.4 is 5.73 Å². The second-order valence-electron chi connectivity index (χ2n) is 3.73. The molecule has 0 fully saturated rings. The summed E-state index contributed by atoms with van der Waals surface area (Å²) in [5, 5.41) is 8.83. The van der Waals surface area contributed by atoms with E-state index < -0.39 is 5.82 Å². The van der Waals surface area contributed by atoms with E-state index in [-0.39, 0.29) is 11.9 Å². The van der Waals surface area contributed by atoms with Gasteiger partial charge in [-0.15, -0.1) is 0 Å². The van der Waals surface area contributed by atoms with Crippen molar-refractivity contribution in [3.05, 3.63) is 47.8 Å². The Morgan fingerprint density at radius 2 is 2.29 bits per heavy atom. The number of hydrogen-bond acceptors (Lipinski definition) is 3. The highest BCUT2D eigenvalue weighted by Crippen LogP contribution is 2.19. The standard InChI is InChI=1S/C12H11FN4/c1-8(15)9-2-3-11(10(13)6-9)17-5-4-16-12(17)7-14/h2-6,8H,15H2,1H3/t8-/m1/s1. The maximum Gasteiger partial charge on any atom is 0.217 e. The lowest BCUT2D eigenvalue weighted by molar-refractivity contribution is 0.612. The highest BCUT2D eigenvalue weighted by molar-refractivity contribution is 5.40. The van der Waals surface area contributed by atoms with Crippen molar-refractivity contribution < 1.29 is 4.39 Å². The van der Waals surface area contributed by atoms with Crippen molar-refractivity contribution in [2.75, 3.05) is 0 Å². The van der Waals surface area contributed by atoms with Crippen molar-refractivity contribution in [3.63, 3.8) is 0 Å². The largest absolute Gasteiger partial charge is 0.324 e. The second-order valence-corrected chi connectivity index (χ2v) is 3.73. The van der Waals surface area contributed by atoms with Gasteiger partial charge in [-0.1, -0.05) is 6.07 Å². The first kappa shape index (κ1) is 11.3. The van der Waals surface area contributed by atoms with Gasteiger partial charge in [0.25, 0.3) is 0 Å². The van der Waals surface area contributed by atoms with Crippen molar-refractivity contribution in [1.29, 1.82) is 5.26 Å². The summed E-state index contributed by atoms with van der Waals surface area (Å²) in [7, 11) is 0. The molecule has 0 amide bonds. The summed E-state index contributed by atoms with van der Waals surface area (Å²) in [6.07, 6.45) is 3.00. The molecule has 1 aromatic carbocycles. The Labute approximate surface area is 98.1 Å². The predicted molar refractivity (Wildman–Crippen MR) is 60.8 cm³/mol. The Bertz CT molecular complexity index is 580. The van der Waals surface area contributed by atoms with Gasteiger partial charge in [0.15, 0.2) is 0 Å². The fraction of sp³-hybridized carbons (Fsp3) is 0.167. The summed E-state index contributed by atoms with van der Waals surface area (Å²) in [5.74, 6) is -0.272. The molecule has 5 heteroatoms. The molecule has 0 unspecified atom stereocenters. The minimum atomic E-state index is -0.422. The first-order valence-electron chi connectivity index (χ1n) is 5.12. The van der Waals surface area contributed by atoms with Gasteiger partial charge in [-0.05, 0) is 24.6 Å². The van der Waals surface area contributed by atoms with Gasteiger partial charge in [0.05, 0.1) is 5.69 Å². The molecule has 0 bridgehead atoms. The first-order chi connectivity index (χ1) is 8.13. The number of nitrogens with two attached hydrogens (primary N) is 1. The third-order valence-electron chi connectivity index (χ3n) is 2.50. The minimum Gasteiger partial charge on any atom is -0.324 e. The van der Waals surface area contributed by atoms with Gasteiger partial charge in [-0.3, -0.25) is 4.57 Å². The molecule has 0 spiro atoms. The molecule has 86 valence electrons. The van der Waals surface area contributed by atoms with Crippen LogP contribution >= 0.6 is 0 Å². The minimum absolute atomic E-state index is 0.150. The second kappa shape index (κ2) is 4.36. The average molecular weight is 230 g/mol. The summed E-state index contributed by atoms with van der Waals surface area (Å²) in [4.78, 5) is 3.82. The van der Waals surface area contributed by atoms with Gasteiger partial charge < -0.3 is 5.73 Å². The van der Waals surface area contributed by atoms with Crippen molar-refractivity contribution in [2.45, 2.75) is 13.0 Å². The van der Waals surface area contributed by atoms with Gasteiger partial charge in [-0.2, -0.15) is 5.26 Å². The van der Waals surface area contributed by atoms with Gasteiger partial charge in [0, 0.05) is 18.4 Å². The molecule has 0 saturated heterocycles. The molecule has 0 aliphatic rings. The Balaban J connectivity index is 2.51. The fourth-order valence-corrected chi connectivity index (χ4v) is 1.58. The van der Waals surface area contributed by atoms with Gasteiger partial charge in [0.1, 0.15) is 11.9 Å². The predicted octanol–water partition coefficient (Wildman–Crippen LogP) is 1.90. The topological polar surface area (TPSA) is 67.6 Å². The van der Waals surface area contributed by atoms with Crippen LogP contribution in [-0.4, -0.2) is 9.55 Å². The van der Waals surface area contributed by atoms with Gasteiger partial charge >= 0.3 is 0 Å². The van der Waals surface area contributed by atoms with Crippen molar-refractivity contribution in [2.24, 2.45) is 5.73 Å². The van der Waals surface area contributed by atoms with E-state index in [1.165, 1.54) is 16.8 Å². The van der Waals surface area contributed by atoms with Crippen molar-refractivity contribution in [1.82, 2.24) is 9.55 Å². The zero-order valence-electron chi connectivity index (χ0n) is 9.26. The number of hydrogen-bond donors (Lipinski definition) is 1. The summed E-state index contributed by atoms with van der Waals surface area (Å²) in [6, 6.07) is 6.38. The third-order valence-corrected chi connectivity index (χ3v) is 2.50. The van der Waals surface area contributed by atoms with Crippen LogP contribution in [0.2, 0.25) is 0 Å². The molecule has 1 heterocycles. The van der Waals surface area contributed by atoms with Gasteiger partial charge in [-0.25, -0.2) is 9.37 Å².